The molecule has 0 bridgehead atoms. The number of hydrogen-bond acceptors (Lipinski definition) is 5. The molecule has 0 N–H and O–H groups in total. The van der Waals surface area contributed by atoms with E-state index in [1.807, 2.05) is 9.80 Å². The molecule has 7 heteroatoms. The van der Waals surface area contributed by atoms with E-state index in [2.05, 4.69) is 6.92 Å². The topological polar surface area (TPSA) is 49.9 Å². The van der Waals surface area contributed by atoms with Gasteiger partial charge in [0.15, 0.2) is 0 Å². The molecule has 1 heterocycles. The van der Waals surface area contributed by atoms with Crippen molar-refractivity contribution in [3.8, 4) is 0 Å². The first-order chi connectivity index (χ1) is 12.5. The first-order valence-electron chi connectivity index (χ1n) is 9.09. The summed E-state index contributed by atoms with van der Waals surface area (Å²) < 4.78 is 18.2. The molecule has 0 aromatic heterocycles. The molecule has 1 aliphatic rings. The van der Waals surface area contributed by atoms with E-state index in [4.69, 9.17) is 4.74 Å². The zero-order valence-electron chi connectivity index (χ0n) is 15.4. The summed E-state index contributed by atoms with van der Waals surface area (Å²) in [5.41, 5.74) is 0.924. The van der Waals surface area contributed by atoms with Gasteiger partial charge in [-0.1, -0.05) is 25.5 Å². The lowest BCUT2D eigenvalue weighted by molar-refractivity contribution is -0.145. The van der Waals surface area contributed by atoms with E-state index < -0.39 is 0 Å². The van der Waals surface area contributed by atoms with Crippen LogP contribution in [0.2, 0.25) is 0 Å². The number of nitrogens with zero attached hydrogens (tertiary/aromatic N) is 2. The Bertz CT molecular complexity index is 597. The van der Waals surface area contributed by atoms with Crippen molar-refractivity contribution in [1.82, 2.24) is 9.80 Å². The maximum Gasteiger partial charge on any atom is 0.320 e. The molecule has 144 valence electrons. The number of rotatable bonds is 9. The number of thioether (sulfide) groups is 1. The van der Waals surface area contributed by atoms with Crippen LogP contribution in [-0.2, 0) is 14.3 Å². The van der Waals surface area contributed by atoms with Crippen LogP contribution < -0.4 is 0 Å². The number of unbranched alkanes of at least 4 members (excludes halogenated alkanes) is 1. The van der Waals surface area contributed by atoms with Crippen LogP contribution in [0.25, 0.3) is 0 Å². The van der Waals surface area contributed by atoms with E-state index in [1.165, 1.54) is 12.1 Å². The monoisotopic (exact) mass is 382 g/mol. The molecule has 1 fully saturated rings. The largest absolute Gasteiger partial charge is 0.465 e. The molecule has 1 amide bonds. The number of benzene rings is 1. The van der Waals surface area contributed by atoms with Gasteiger partial charge in [0, 0.05) is 12.3 Å². The van der Waals surface area contributed by atoms with Crippen molar-refractivity contribution in [2.45, 2.75) is 32.1 Å². The van der Waals surface area contributed by atoms with Gasteiger partial charge in [0.25, 0.3) is 0 Å². The Labute approximate surface area is 158 Å². The number of ether oxygens (including phenoxy) is 1. The number of amides is 1. The molecular weight excluding hydrogens is 355 g/mol. The number of halogens is 1. The lowest BCUT2D eigenvalue weighted by Gasteiger charge is -2.28. The maximum absolute atomic E-state index is 13.2. The molecule has 2 rings (SSSR count). The van der Waals surface area contributed by atoms with Gasteiger partial charge in [-0.3, -0.25) is 14.5 Å². The Hall–Kier alpha value is -1.60. The van der Waals surface area contributed by atoms with Crippen LogP contribution in [0.5, 0.6) is 0 Å². The second kappa shape index (κ2) is 10.5. The molecule has 0 spiro atoms. The van der Waals surface area contributed by atoms with Crippen molar-refractivity contribution >= 4 is 23.6 Å². The van der Waals surface area contributed by atoms with Crippen molar-refractivity contribution in [3.63, 3.8) is 0 Å². The Morgan fingerprint density at radius 3 is 2.65 bits per heavy atom. The zero-order chi connectivity index (χ0) is 18.9. The standard InChI is InChI=1S/C19H27FN2O3S/c1-3-5-10-21(14-18(24)25-4-2)13-17(23)22-11-12-26-19(22)15-6-8-16(20)9-7-15/h6-9,19H,3-5,10-14H2,1-2H3/t19-/m1/s1. The molecule has 0 unspecified atom stereocenters. The second-order valence-corrected chi connectivity index (χ2v) is 7.42. The highest BCUT2D eigenvalue weighted by molar-refractivity contribution is 7.99. The van der Waals surface area contributed by atoms with Crippen LogP contribution in [-0.4, -0.2) is 60.2 Å². The number of hydrogen-bond donors (Lipinski definition) is 0. The van der Waals surface area contributed by atoms with E-state index >= 15 is 0 Å². The fourth-order valence-electron chi connectivity index (χ4n) is 2.90. The summed E-state index contributed by atoms with van der Waals surface area (Å²) in [7, 11) is 0. The van der Waals surface area contributed by atoms with E-state index in [9.17, 15) is 14.0 Å². The van der Waals surface area contributed by atoms with Crippen molar-refractivity contribution < 1.29 is 18.7 Å². The predicted octanol–water partition coefficient (Wildman–Crippen LogP) is 3.06. The first-order valence-corrected chi connectivity index (χ1v) is 10.1. The summed E-state index contributed by atoms with van der Waals surface area (Å²) in [6.45, 7) is 5.85. The summed E-state index contributed by atoms with van der Waals surface area (Å²) in [5.74, 6) is 0.252. The van der Waals surface area contributed by atoms with Crippen molar-refractivity contribution in [1.29, 1.82) is 0 Å². The Balaban J connectivity index is 2.01. The van der Waals surface area contributed by atoms with Crippen LogP contribution >= 0.6 is 11.8 Å². The Kier molecular flexibility index (Phi) is 8.38. The lowest BCUT2D eigenvalue weighted by Crippen LogP contribution is -2.42. The van der Waals surface area contributed by atoms with Crippen LogP contribution in [0, 0.1) is 5.82 Å². The van der Waals surface area contributed by atoms with Crippen LogP contribution in [0.4, 0.5) is 4.39 Å². The highest BCUT2D eigenvalue weighted by atomic mass is 32.2. The molecule has 1 atom stereocenters. The highest BCUT2D eigenvalue weighted by Gasteiger charge is 2.31. The van der Waals surface area contributed by atoms with Gasteiger partial charge in [0.1, 0.15) is 11.2 Å². The quantitative estimate of drug-likeness (QED) is 0.615. The second-order valence-electron chi connectivity index (χ2n) is 6.23. The average molecular weight is 383 g/mol. The van der Waals surface area contributed by atoms with E-state index in [0.29, 0.717) is 19.7 Å². The van der Waals surface area contributed by atoms with Crippen molar-refractivity contribution in [2.24, 2.45) is 0 Å². The molecule has 0 saturated carbocycles. The Morgan fingerprint density at radius 2 is 2.00 bits per heavy atom. The normalized spacial score (nSPS) is 16.9. The van der Waals surface area contributed by atoms with Crippen molar-refractivity contribution in [3.05, 3.63) is 35.6 Å². The van der Waals surface area contributed by atoms with Gasteiger partial charge in [0.05, 0.1) is 19.7 Å². The molecule has 1 aliphatic heterocycles. The van der Waals surface area contributed by atoms with E-state index in [1.54, 1.807) is 30.8 Å². The fourth-order valence-corrected chi connectivity index (χ4v) is 4.17. The van der Waals surface area contributed by atoms with Crippen molar-refractivity contribution in [2.75, 3.05) is 38.5 Å². The van der Waals surface area contributed by atoms with E-state index in [0.717, 1.165) is 24.2 Å². The molecule has 5 nitrogen and oxygen atoms in total. The van der Waals surface area contributed by atoms with Crippen LogP contribution in [0.15, 0.2) is 24.3 Å². The van der Waals surface area contributed by atoms with E-state index in [-0.39, 0.29) is 36.2 Å². The lowest BCUT2D eigenvalue weighted by atomic mass is 10.2. The summed E-state index contributed by atoms with van der Waals surface area (Å²) in [4.78, 5) is 28.3. The number of esters is 1. The minimum atomic E-state index is -0.303. The molecule has 0 radical (unpaired) electrons. The Morgan fingerprint density at radius 1 is 1.27 bits per heavy atom. The maximum atomic E-state index is 13.2. The number of carbonyl (C=O) groups excluding carboxylic acids is 2. The summed E-state index contributed by atoms with van der Waals surface area (Å²) in [6, 6.07) is 6.30. The summed E-state index contributed by atoms with van der Waals surface area (Å²) in [6.07, 6.45) is 1.91. The minimum absolute atomic E-state index is 0.00951. The molecule has 26 heavy (non-hydrogen) atoms. The average Bonchev–Trinajstić information content (AvgIpc) is 3.10. The molecule has 1 saturated heterocycles. The van der Waals surface area contributed by atoms with Crippen LogP contribution in [0.3, 0.4) is 0 Å². The van der Waals surface area contributed by atoms with Gasteiger partial charge in [-0.05, 0) is 37.6 Å². The third-order valence-electron chi connectivity index (χ3n) is 4.21. The zero-order valence-corrected chi connectivity index (χ0v) is 16.3. The fraction of sp³-hybridized carbons (Fsp3) is 0.579. The van der Waals surface area contributed by atoms with Gasteiger partial charge < -0.3 is 9.64 Å². The predicted molar refractivity (Wildman–Crippen MR) is 101 cm³/mol. The molecular formula is C19H27FN2O3S. The van der Waals surface area contributed by atoms with Gasteiger partial charge in [-0.2, -0.15) is 0 Å². The third kappa shape index (κ3) is 5.99. The van der Waals surface area contributed by atoms with Crippen LogP contribution in [0.1, 0.15) is 37.6 Å². The molecule has 1 aromatic carbocycles. The third-order valence-corrected chi connectivity index (χ3v) is 5.47. The van der Waals surface area contributed by atoms with Gasteiger partial charge >= 0.3 is 5.97 Å². The first kappa shape index (κ1) is 20.7. The highest BCUT2D eigenvalue weighted by Crippen LogP contribution is 2.37. The number of carbonyl (C=O) groups is 2. The van der Waals surface area contributed by atoms with Gasteiger partial charge in [-0.25, -0.2) is 4.39 Å². The summed E-state index contributed by atoms with van der Waals surface area (Å²) >= 11 is 1.68. The smallest absolute Gasteiger partial charge is 0.320 e. The molecule has 0 aliphatic carbocycles. The summed E-state index contributed by atoms with van der Waals surface area (Å²) in [5, 5.41) is -0.0984. The minimum Gasteiger partial charge on any atom is -0.465 e. The SMILES string of the molecule is CCCCN(CC(=O)OCC)CC(=O)N1CCS[C@@H]1c1ccc(F)cc1. The van der Waals surface area contributed by atoms with Gasteiger partial charge in [-0.15, -0.1) is 11.8 Å². The molecule has 1 aromatic rings. The van der Waals surface area contributed by atoms with Gasteiger partial charge in [0.2, 0.25) is 5.91 Å².